The third kappa shape index (κ3) is 5.70. The van der Waals surface area contributed by atoms with Crippen molar-refractivity contribution in [1.82, 2.24) is 10.2 Å². The fourth-order valence-electron chi connectivity index (χ4n) is 3.58. The van der Waals surface area contributed by atoms with Crippen LogP contribution in [0.25, 0.3) is 0 Å². The van der Waals surface area contributed by atoms with Gasteiger partial charge in [-0.15, -0.1) is 0 Å². The van der Waals surface area contributed by atoms with E-state index in [0.29, 0.717) is 45.3 Å². The highest BCUT2D eigenvalue weighted by Crippen LogP contribution is 2.32. The van der Waals surface area contributed by atoms with Gasteiger partial charge in [0.15, 0.2) is 0 Å². The number of imide groups is 2. The third-order valence-corrected chi connectivity index (χ3v) is 5.08. The smallest absolute Gasteiger partial charge is 0.264 e. The molecular weight excluding hydrogens is 418 g/mol. The predicted octanol–water partition coefficient (Wildman–Crippen LogP) is 0.958. The number of anilines is 1. The van der Waals surface area contributed by atoms with Crippen molar-refractivity contribution in [2.45, 2.75) is 38.8 Å². The maximum Gasteiger partial charge on any atom is 0.264 e. The van der Waals surface area contributed by atoms with Crippen LogP contribution in [0.1, 0.15) is 47.4 Å². The summed E-state index contributed by atoms with van der Waals surface area (Å²) >= 11 is 0. The number of piperidine rings is 1. The van der Waals surface area contributed by atoms with E-state index in [1.54, 1.807) is 18.2 Å². The van der Waals surface area contributed by atoms with Gasteiger partial charge < -0.3 is 19.5 Å². The van der Waals surface area contributed by atoms with E-state index >= 15 is 0 Å². The molecule has 2 aliphatic rings. The van der Waals surface area contributed by atoms with Gasteiger partial charge in [0.2, 0.25) is 11.8 Å². The largest absolute Gasteiger partial charge is 0.382 e. The molecule has 1 aromatic rings. The van der Waals surface area contributed by atoms with Crippen LogP contribution >= 0.6 is 0 Å². The van der Waals surface area contributed by atoms with Crippen molar-refractivity contribution in [3.8, 4) is 0 Å². The van der Waals surface area contributed by atoms with Crippen LogP contribution in [-0.2, 0) is 23.8 Å². The molecule has 2 heterocycles. The monoisotopic (exact) mass is 447 g/mol. The summed E-state index contributed by atoms with van der Waals surface area (Å²) in [6.45, 7) is 6.67. The van der Waals surface area contributed by atoms with Crippen molar-refractivity contribution in [1.29, 1.82) is 0 Å². The van der Waals surface area contributed by atoms with Gasteiger partial charge in [-0.25, -0.2) is 0 Å². The predicted molar refractivity (Wildman–Crippen MR) is 114 cm³/mol. The molecule has 4 amide bonds. The molecule has 3 rings (SSSR count). The van der Waals surface area contributed by atoms with Gasteiger partial charge in [-0.3, -0.25) is 29.4 Å². The van der Waals surface area contributed by atoms with Crippen molar-refractivity contribution < 1.29 is 33.4 Å². The van der Waals surface area contributed by atoms with Crippen LogP contribution in [0, 0.1) is 0 Å². The van der Waals surface area contributed by atoms with E-state index in [-0.39, 0.29) is 30.1 Å². The summed E-state index contributed by atoms with van der Waals surface area (Å²) in [5.41, 5.74) is 0.972. The zero-order valence-electron chi connectivity index (χ0n) is 18.3. The van der Waals surface area contributed by atoms with E-state index in [1.165, 1.54) is 0 Å². The van der Waals surface area contributed by atoms with Crippen LogP contribution in [0.2, 0.25) is 0 Å². The average molecular weight is 447 g/mol. The maximum atomic E-state index is 13.0. The summed E-state index contributed by atoms with van der Waals surface area (Å²) in [6, 6.07) is 3.95. The van der Waals surface area contributed by atoms with Gasteiger partial charge in [-0.05, 0) is 32.4 Å². The zero-order valence-corrected chi connectivity index (χ0v) is 18.3. The number of nitrogens with zero attached hydrogens (tertiary/aromatic N) is 1. The number of hydrogen-bond donors (Lipinski definition) is 2. The molecule has 10 nitrogen and oxygen atoms in total. The standard InChI is InChI=1S/C22H29N3O7/c1-14(2)32-13-12-31-11-10-30-9-8-23-16-5-3-4-15-19(16)22(29)25(21(15)28)17-6-7-18(26)24-20(17)27/h3-5,14,17,23H,6-13H2,1-2H3,(H,24,26,27). The van der Waals surface area contributed by atoms with Gasteiger partial charge >= 0.3 is 0 Å². The summed E-state index contributed by atoms with van der Waals surface area (Å²) in [4.78, 5) is 50.3. The Bertz CT molecular complexity index is 871. The second kappa shape index (κ2) is 11.2. The lowest BCUT2D eigenvalue weighted by Gasteiger charge is -2.27. The van der Waals surface area contributed by atoms with Gasteiger partial charge in [0.1, 0.15) is 6.04 Å². The van der Waals surface area contributed by atoms with Crippen molar-refractivity contribution >= 4 is 29.3 Å². The van der Waals surface area contributed by atoms with Crippen molar-refractivity contribution in [2.75, 3.05) is 44.9 Å². The number of amides is 4. The molecule has 1 atom stereocenters. The van der Waals surface area contributed by atoms with E-state index in [4.69, 9.17) is 14.2 Å². The van der Waals surface area contributed by atoms with E-state index in [1.807, 2.05) is 13.8 Å². The minimum absolute atomic E-state index is 0.0841. The highest BCUT2D eigenvalue weighted by Gasteiger charge is 2.45. The Hall–Kier alpha value is -2.82. The Labute approximate surface area is 186 Å². The molecule has 32 heavy (non-hydrogen) atoms. The summed E-state index contributed by atoms with van der Waals surface area (Å²) in [6.07, 6.45) is 0.387. The lowest BCUT2D eigenvalue weighted by molar-refractivity contribution is -0.136. The van der Waals surface area contributed by atoms with Gasteiger partial charge in [0.25, 0.3) is 11.8 Å². The first-order valence-corrected chi connectivity index (χ1v) is 10.8. The Morgan fingerprint density at radius 2 is 1.75 bits per heavy atom. The number of carbonyl (C=O) groups is 4. The SMILES string of the molecule is CC(C)OCCOCCOCCNc1cccc2c1C(=O)N(C1CCC(=O)NC1=O)C2=O. The van der Waals surface area contributed by atoms with Crippen molar-refractivity contribution in [2.24, 2.45) is 0 Å². The van der Waals surface area contributed by atoms with E-state index in [0.717, 1.165) is 4.90 Å². The highest BCUT2D eigenvalue weighted by molar-refractivity contribution is 6.25. The van der Waals surface area contributed by atoms with Crippen molar-refractivity contribution in [3.63, 3.8) is 0 Å². The molecule has 1 saturated heterocycles. The lowest BCUT2D eigenvalue weighted by Crippen LogP contribution is -2.54. The normalized spacial score (nSPS) is 18.3. The second-order valence-electron chi connectivity index (χ2n) is 7.75. The highest BCUT2D eigenvalue weighted by atomic mass is 16.5. The Kier molecular flexibility index (Phi) is 8.32. The first-order valence-electron chi connectivity index (χ1n) is 10.8. The average Bonchev–Trinajstić information content (AvgIpc) is 3.00. The Morgan fingerprint density at radius 3 is 2.47 bits per heavy atom. The number of rotatable bonds is 12. The van der Waals surface area contributed by atoms with Gasteiger partial charge in [-0.2, -0.15) is 0 Å². The Morgan fingerprint density at radius 1 is 1.03 bits per heavy atom. The number of hydrogen-bond acceptors (Lipinski definition) is 8. The molecule has 0 aromatic heterocycles. The van der Waals surface area contributed by atoms with Gasteiger partial charge in [0.05, 0.1) is 50.3 Å². The Balaban J connectivity index is 1.48. The number of nitrogens with one attached hydrogen (secondary N) is 2. The fourth-order valence-corrected chi connectivity index (χ4v) is 3.58. The van der Waals surface area contributed by atoms with Crippen LogP contribution in [0.3, 0.4) is 0 Å². The minimum atomic E-state index is -0.984. The zero-order chi connectivity index (χ0) is 23.1. The summed E-state index contributed by atoms with van der Waals surface area (Å²) in [5, 5.41) is 5.31. The molecular formula is C22H29N3O7. The summed E-state index contributed by atoms with van der Waals surface area (Å²) in [7, 11) is 0. The molecule has 0 spiro atoms. The van der Waals surface area contributed by atoms with Gasteiger partial charge in [-0.1, -0.05) is 6.07 Å². The minimum Gasteiger partial charge on any atom is -0.382 e. The second-order valence-corrected chi connectivity index (χ2v) is 7.75. The van der Waals surface area contributed by atoms with E-state index in [2.05, 4.69) is 10.6 Å². The molecule has 0 saturated carbocycles. The van der Waals surface area contributed by atoms with Crippen molar-refractivity contribution in [3.05, 3.63) is 29.3 Å². The summed E-state index contributed by atoms with van der Waals surface area (Å²) in [5.74, 6) is -2.10. The maximum absolute atomic E-state index is 13.0. The molecule has 10 heteroatoms. The first-order chi connectivity index (χ1) is 15.4. The molecule has 1 aromatic carbocycles. The molecule has 174 valence electrons. The molecule has 0 aliphatic carbocycles. The first kappa shape index (κ1) is 23.8. The van der Waals surface area contributed by atoms with Crippen LogP contribution in [0.4, 0.5) is 5.69 Å². The van der Waals surface area contributed by atoms with Crippen LogP contribution in [-0.4, -0.2) is 80.3 Å². The molecule has 0 bridgehead atoms. The number of benzene rings is 1. The molecule has 2 N–H and O–H groups in total. The molecule has 1 unspecified atom stereocenters. The molecule has 0 radical (unpaired) electrons. The van der Waals surface area contributed by atoms with E-state index in [9.17, 15) is 19.2 Å². The number of ether oxygens (including phenoxy) is 3. The quantitative estimate of drug-likeness (QED) is 0.359. The molecule has 1 fully saturated rings. The molecule has 2 aliphatic heterocycles. The third-order valence-electron chi connectivity index (χ3n) is 5.08. The summed E-state index contributed by atoms with van der Waals surface area (Å²) < 4.78 is 16.3. The lowest BCUT2D eigenvalue weighted by atomic mass is 10.0. The number of carbonyl (C=O) groups excluding carboxylic acids is 4. The fraction of sp³-hybridized carbons (Fsp3) is 0.545. The van der Waals surface area contributed by atoms with Gasteiger partial charge in [0, 0.05) is 18.7 Å². The topological polar surface area (TPSA) is 123 Å². The number of fused-ring (bicyclic) bond motifs is 1. The van der Waals surface area contributed by atoms with Crippen LogP contribution in [0.5, 0.6) is 0 Å². The van der Waals surface area contributed by atoms with E-state index < -0.39 is 29.7 Å². The van der Waals surface area contributed by atoms with Crippen LogP contribution in [0.15, 0.2) is 18.2 Å². The van der Waals surface area contributed by atoms with Crippen LogP contribution < -0.4 is 10.6 Å².